The molecular formula is C20H22ClNO3S. The second-order valence-corrected chi connectivity index (χ2v) is 9.33. The maximum absolute atomic E-state index is 13.1. The zero-order valence-corrected chi connectivity index (χ0v) is 16.3. The number of aryl methyl sites for hydroxylation is 1. The molecule has 0 spiro atoms. The highest BCUT2D eigenvalue weighted by Gasteiger charge is 2.35. The van der Waals surface area contributed by atoms with Crippen LogP contribution in [0.5, 0.6) is 0 Å². The second-order valence-electron chi connectivity index (χ2n) is 6.67. The van der Waals surface area contributed by atoms with Gasteiger partial charge in [-0.05, 0) is 48.2 Å². The number of hydrogen-bond donors (Lipinski definition) is 0. The van der Waals surface area contributed by atoms with Crippen molar-refractivity contribution in [3.05, 3.63) is 70.2 Å². The smallest absolute Gasteiger partial charge is 0.254 e. The Hall–Kier alpha value is -1.85. The fourth-order valence-electron chi connectivity index (χ4n) is 3.22. The molecule has 1 saturated heterocycles. The first kappa shape index (κ1) is 18.9. The van der Waals surface area contributed by atoms with Crippen LogP contribution in [0.2, 0.25) is 5.02 Å². The molecule has 1 fully saturated rings. The molecule has 2 aromatic carbocycles. The number of nitrogens with zero attached hydrogens (tertiary/aromatic N) is 1. The molecule has 138 valence electrons. The Kier molecular flexibility index (Phi) is 5.68. The first-order valence-corrected chi connectivity index (χ1v) is 10.9. The first-order valence-electron chi connectivity index (χ1n) is 8.73. The number of hydrogen-bond acceptors (Lipinski definition) is 3. The molecule has 0 N–H and O–H groups in total. The predicted octanol–water partition coefficient (Wildman–Crippen LogP) is 3.73. The summed E-state index contributed by atoms with van der Waals surface area (Å²) in [6.45, 7) is 2.49. The number of carbonyl (C=O) groups is 1. The van der Waals surface area contributed by atoms with E-state index in [0.29, 0.717) is 23.6 Å². The van der Waals surface area contributed by atoms with Gasteiger partial charge >= 0.3 is 0 Å². The van der Waals surface area contributed by atoms with Gasteiger partial charge in [0.2, 0.25) is 0 Å². The van der Waals surface area contributed by atoms with Gasteiger partial charge in [-0.25, -0.2) is 8.42 Å². The van der Waals surface area contributed by atoms with Crippen LogP contribution in [-0.4, -0.2) is 36.8 Å². The van der Waals surface area contributed by atoms with E-state index in [-0.39, 0.29) is 23.5 Å². The minimum atomic E-state index is -3.08. The molecule has 1 heterocycles. The summed E-state index contributed by atoms with van der Waals surface area (Å²) < 4.78 is 23.9. The molecule has 26 heavy (non-hydrogen) atoms. The number of sulfone groups is 1. The fourth-order valence-corrected chi connectivity index (χ4v) is 5.08. The zero-order valence-electron chi connectivity index (χ0n) is 14.7. The third-order valence-electron chi connectivity index (χ3n) is 4.79. The van der Waals surface area contributed by atoms with E-state index in [4.69, 9.17) is 11.6 Å². The maximum atomic E-state index is 13.1. The number of rotatable bonds is 5. The molecule has 3 rings (SSSR count). The summed E-state index contributed by atoms with van der Waals surface area (Å²) >= 11 is 5.91. The summed E-state index contributed by atoms with van der Waals surface area (Å²) in [7, 11) is -3.08. The van der Waals surface area contributed by atoms with E-state index in [0.717, 1.165) is 12.0 Å². The Morgan fingerprint density at radius 1 is 1.08 bits per heavy atom. The molecule has 1 amide bonds. The normalized spacial score (nSPS) is 18.6. The Bertz CT molecular complexity index is 876. The Balaban J connectivity index is 1.88. The van der Waals surface area contributed by atoms with Crippen molar-refractivity contribution in [3.8, 4) is 0 Å². The third kappa shape index (κ3) is 4.46. The van der Waals surface area contributed by atoms with Gasteiger partial charge in [0.25, 0.3) is 5.91 Å². The average Bonchev–Trinajstić information content (AvgIpc) is 3.00. The van der Waals surface area contributed by atoms with Crippen molar-refractivity contribution < 1.29 is 13.2 Å². The van der Waals surface area contributed by atoms with Crippen molar-refractivity contribution in [1.82, 2.24) is 4.90 Å². The Morgan fingerprint density at radius 3 is 2.23 bits per heavy atom. The van der Waals surface area contributed by atoms with Crippen molar-refractivity contribution in [1.29, 1.82) is 0 Å². The molecule has 0 aliphatic carbocycles. The lowest BCUT2D eigenvalue weighted by Crippen LogP contribution is -2.40. The molecular weight excluding hydrogens is 370 g/mol. The summed E-state index contributed by atoms with van der Waals surface area (Å²) in [6, 6.07) is 14.5. The summed E-state index contributed by atoms with van der Waals surface area (Å²) in [4.78, 5) is 14.8. The number of carbonyl (C=O) groups excluding carboxylic acids is 1. The van der Waals surface area contributed by atoms with Crippen molar-refractivity contribution in [2.75, 3.05) is 11.5 Å². The van der Waals surface area contributed by atoms with Crippen LogP contribution < -0.4 is 0 Å². The Morgan fingerprint density at radius 2 is 1.69 bits per heavy atom. The van der Waals surface area contributed by atoms with E-state index in [1.165, 1.54) is 5.56 Å². The van der Waals surface area contributed by atoms with Crippen molar-refractivity contribution in [2.24, 2.45) is 0 Å². The largest absolute Gasteiger partial charge is 0.330 e. The van der Waals surface area contributed by atoms with Crippen molar-refractivity contribution in [3.63, 3.8) is 0 Å². The minimum absolute atomic E-state index is 0.0272. The summed E-state index contributed by atoms with van der Waals surface area (Å²) in [5.74, 6) is -0.000672. The maximum Gasteiger partial charge on any atom is 0.254 e. The fraction of sp³-hybridized carbons (Fsp3) is 0.350. The summed E-state index contributed by atoms with van der Waals surface area (Å²) in [6.07, 6.45) is 1.43. The zero-order chi connectivity index (χ0) is 18.7. The van der Waals surface area contributed by atoms with Gasteiger partial charge in [0.15, 0.2) is 9.84 Å². The molecule has 0 radical (unpaired) electrons. The minimum Gasteiger partial charge on any atom is -0.330 e. The second kappa shape index (κ2) is 7.80. The SMILES string of the molecule is CCc1ccc(CN(C(=O)c2ccc(Cl)cc2)[C@H]2CCS(=O)(=O)C2)cc1. The molecule has 4 nitrogen and oxygen atoms in total. The van der Waals surface area contributed by atoms with Gasteiger partial charge in [0.1, 0.15) is 0 Å². The summed E-state index contributed by atoms with van der Waals surface area (Å²) in [5.41, 5.74) is 2.74. The monoisotopic (exact) mass is 391 g/mol. The van der Waals surface area contributed by atoms with Gasteiger partial charge in [0.05, 0.1) is 11.5 Å². The third-order valence-corrected chi connectivity index (χ3v) is 6.79. The molecule has 6 heteroatoms. The van der Waals surface area contributed by atoms with Crippen LogP contribution in [0.25, 0.3) is 0 Å². The molecule has 0 saturated carbocycles. The highest BCUT2D eigenvalue weighted by molar-refractivity contribution is 7.91. The molecule has 1 aliphatic heterocycles. The van der Waals surface area contributed by atoms with Gasteiger partial charge in [-0.3, -0.25) is 4.79 Å². The first-order chi connectivity index (χ1) is 12.4. The molecule has 0 aromatic heterocycles. The number of benzene rings is 2. The number of amides is 1. The van der Waals surface area contributed by atoms with Crippen LogP contribution in [0.4, 0.5) is 0 Å². The van der Waals surface area contributed by atoms with Crippen LogP contribution in [-0.2, 0) is 22.8 Å². The standard InChI is InChI=1S/C20H22ClNO3S/c1-2-15-3-5-16(6-4-15)13-22(19-11-12-26(24,25)14-19)20(23)17-7-9-18(21)10-8-17/h3-10,19H,2,11-14H2,1H3/t19-/m0/s1. The van der Waals surface area contributed by atoms with E-state index in [1.807, 2.05) is 24.3 Å². The lowest BCUT2D eigenvalue weighted by atomic mass is 10.1. The highest BCUT2D eigenvalue weighted by atomic mass is 35.5. The topological polar surface area (TPSA) is 54.5 Å². The van der Waals surface area contributed by atoms with Gasteiger partial charge < -0.3 is 4.90 Å². The van der Waals surface area contributed by atoms with E-state index < -0.39 is 9.84 Å². The lowest BCUT2D eigenvalue weighted by Gasteiger charge is -2.28. The lowest BCUT2D eigenvalue weighted by molar-refractivity contribution is 0.0681. The molecule has 1 atom stereocenters. The quantitative estimate of drug-likeness (QED) is 0.780. The van der Waals surface area contributed by atoms with E-state index in [1.54, 1.807) is 29.2 Å². The van der Waals surface area contributed by atoms with Crippen LogP contribution in [0.1, 0.15) is 34.8 Å². The molecule has 0 unspecified atom stereocenters. The van der Waals surface area contributed by atoms with Crippen LogP contribution in [0.15, 0.2) is 48.5 Å². The van der Waals surface area contributed by atoms with Crippen LogP contribution in [0, 0.1) is 0 Å². The van der Waals surface area contributed by atoms with Crippen LogP contribution >= 0.6 is 11.6 Å². The van der Waals surface area contributed by atoms with Gasteiger partial charge in [-0.15, -0.1) is 0 Å². The Labute approximate surface area is 159 Å². The summed E-state index contributed by atoms with van der Waals surface area (Å²) in [5, 5.41) is 0.562. The van der Waals surface area contributed by atoms with Gasteiger partial charge in [-0.1, -0.05) is 42.8 Å². The van der Waals surface area contributed by atoms with Crippen LogP contribution in [0.3, 0.4) is 0 Å². The van der Waals surface area contributed by atoms with E-state index in [2.05, 4.69) is 6.92 Å². The molecule has 0 bridgehead atoms. The van der Waals surface area contributed by atoms with Gasteiger partial charge in [0, 0.05) is 23.2 Å². The van der Waals surface area contributed by atoms with E-state index >= 15 is 0 Å². The molecule has 2 aromatic rings. The number of halogens is 1. The van der Waals surface area contributed by atoms with Gasteiger partial charge in [-0.2, -0.15) is 0 Å². The van der Waals surface area contributed by atoms with Crippen molar-refractivity contribution >= 4 is 27.3 Å². The average molecular weight is 392 g/mol. The highest BCUT2D eigenvalue weighted by Crippen LogP contribution is 2.23. The van der Waals surface area contributed by atoms with E-state index in [9.17, 15) is 13.2 Å². The predicted molar refractivity (Wildman–Crippen MR) is 104 cm³/mol. The van der Waals surface area contributed by atoms with Crippen molar-refractivity contribution in [2.45, 2.75) is 32.4 Å². The molecule has 1 aliphatic rings.